The van der Waals surface area contributed by atoms with Gasteiger partial charge in [-0.1, -0.05) is 30.3 Å². The number of para-hydroxylation sites is 2. The lowest BCUT2D eigenvalue weighted by Gasteiger charge is -2.29. The largest absolute Gasteiger partial charge is 0.441 e. The molecule has 168 valence electrons. The van der Waals surface area contributed by atoms with E-state index in [0.717, 1.165) is 5.56 Å². The number of oxazole rings is 1. The molecule has 34 heavy (non-hydrogen) atoms. The van der Waals surface area contributed by atoms with Gasteiger partial charge in [0.2, 0.25) is 11.8 Å². The molecule has 2 heterocycles. The number of aryl methyl sites for hydroxylation is 1. The summed E-state index contributed by atoms with van der Waals surface area (Å²) < 4.78 is 5.66. The molecule has 1 aromatic heterocycles. The Hall–Kier alpha value is -4.72. The molecule has 2 N–H and O–H groups in total. The highest BCUT2D eigenvalue weighted by molar-refractivity contribution is 6.15. The van der Waals surface area contributed by atoms with Crippen molar-refractivity contribution >= 4 is 34.8 Å². The molecule has 1 aliphatic rings. The van der Waals surface area contributed by atoms with Crippen LogP contribution in [0.15, 0.2) is 83.3 Å². The van der Waals surface area contributed by atoms with Crippen LogP contribution in [0.1, 0.15) is 26.6 Å². The van der Waals surface area contributed by atoms with Crippen molar-refractivity contribution in [3.63, 3.8) is 0 Å². The van der Waals surface area contributed by atoms with Crippen LogP contribution in [0.5, 0.6) is 0 Å². The molecule has 0 saturated heterocycles. The van der Waals surface area contributed by atoms with Crippen LogP contribution in [0.25, 0.3) is 11.5 Å². The van der Waals surface area contributed by atoms with Crippen molar-refractivity contribution in [1.82, 2.24) is 4.98 Å². The third-order valence-electron chi connectivity index (χ3n) is 5.44. The number of hydrogen-bond donors (Lipinski definition) is 2. The van der Waals surface area contributed by atoms with Crippen molar-refractivity contribution in [2.45, 2.75) is 6.92 Å². The predicted molar refractivity (Wildman–Crippen MR) is 128 cm³/mol. The number of carbonyl (C=O) groups is 3. The maximum atomic E-state index is 13.1. The molecule has 0 fully saturated rings. The van der Waals surface area contributed by atoms with Crippen molar-refractivity contribution in [3.8, 4) is 11.5 Å². The first-order valence-electron chi connectivity index (χ1n) is 10.6. The van der Waals surface area contributed by atoms with Crippen molar-refractivity contribution in [3.05, 3.63) is 95.9 Å². The van der Waals surface area contributed by atoms with Gasteiger partial charge in [0.05, 0.1) is 11.4 Å². The van der Waals surface area contributed by atoms with Crippen LogP contribution in [0.3, 0.4) is 0 Å². The summed E-state index contributed by atoms with van der Waals surface area (Å²) in [5.41, 5.74) is 3.10. The zero-order valence-corrected chi connectivity index (χ0v) is 18.2. The summed E-state index contributed by atoms with van der Waals surface area (Å²) in [5.74, 6) is -0.196. The topological polar surface area (TPSA) is 105 Å². The van der Waals surface area contributed by atoms with Gasteiger partial charge in [-0.2, -0.15) is 0 Å². The van der Waals surface area contributed by atoms with E-state index < -0.39 is 5.91 Å². The molecule has 0 spiro atoms. The second kappa shape index (κ2) is 8.67. The van der Waals surface area contributed by atoms with Crippen LogP contribution in [0, 0.1) is 6.92 Å². The van der Waals surface area contributed by atoms with Gasteiger partial charge in [0.15, 0.2) is 5.69 Å². The molecule has 0 bridgehead atoms. The maximum Gasteiger partial charge on any atom is 0.277 e. The van der Waals surface area contributed by atoms with Gasteiger partial charge in [0.25, 0.3) is 11.8 Å². The zero-order chi connectivity index (χ0) is 23.7. The van der Waals surface area contributed by atoms with Gasteiger partial charge in [-0.05, 0) is 55.5 Å². The minimum absolute atomic E-state index is 0.0660. The molecule has 5 rings (SSSR count). The van der Waals surface area contributed by atoms with Crippen LogP contribution in [-0.4, -0.2) is 29.3 Å². The molecule has 0 radical (unpaired) electrons. The van der Waals surface area contributed by atoms with E-state index in [9.17, 15) is 14.4 Å². The average Bonchev–Trinajstić information content (AvgIpc) is 3.26. The molecule has 8 nitrogen and oxygen atoms in total. The zero-order valence-electron chi connectivity index (χ0n) is 18.2. The number of nitrogens with zero attached hydrogens (tertiary/aromatic N) is 2. The molecule has 4 aromatic rings. The summed E-state index contributed by atoms with van der Waals surface area (Å²) >= 11 is 0. The molecule has 0 atom stereocenters. The van der Waals surface area contributed by atoms with Gasteiger partial charge in [0, 0.05) is 16.8 Å². The number of benzene rings is 3. The van der Waals surface area contributed by atoms with Crippen molar-refractivity contribution in [2.24, 2.45) is 0 Å². The lowest BCUT2D eigenvalue weighted by molar-refractivity contribution is -0.115. The van der Waals surface area contributed by atoms with E-state index >= 15 is 0 Å². The SMILES string of the molecule is Cc1oc(-c2ccccc2)nc1C(=O)Nc1ccc(C(=O)N2CC(=O)Nc3ccccc32)cc1. The highest BCUT2D eigenvalue weighted by atomic mass is 16.4. The number of hydrogen-bond acceptors (Lipinski definition) is 5. The second-order valence-electron chi connectivity index (χ2n) is 7.78. The number of nitrogens with one attached hydrogen (secondary N) is 2. The van der Waals surface area contributed by atoms with Gasteiger partial charge >= 0.3 is 0 Å². The van der Waals surface area contributed by atoms with E-state index in [-0.39, 0.29) is 24.1 Å². The van der Waals surface area contributed by atoms with E-state index in [2.05, 4.69) is 15.6 Å². The number of fused-ring (bicyclic) bond motifs is 1. The maximum absolute atomic E-state index is 13.1. The van der Waals surface area contributed by atoms with E-state index in [4.69, 9.17) is 4.42 Å². The second-order valence-corrected chi connectivity index (χ2v) is 7.78. The summed E-state index contributed by atoms with van der Waals surface area (Å²) in [7, 11) is 0. The normalized spacial score (nSPS) is 12.6. The monoisotopic (exact) mass is 452 g/mol. The quantitative estimate of drug-likeness (QED) is 0.474. The number of rotatable bonds is 4. The smallest absolute Gasteiger partial charge is 0.277 e. The summed E-state index contributed by atoms with van der Waals surface area (Å²) in [6.07, 6.45) is 0. The van der Waals surface area contributed by atoms with Crippen LogP contribution in [0.2, 0.25) is 0 Å². The van der Waals surface area contributed by atoms with Crippen molar-refractivity contribution in [2.75, 3.05) is 22.1 Å². The lowest BCUT2D eigenvalue weighted by atomic mass is 10.1. The molecule has 0 saturated carbocycles. The molecule has 8 heteroatoms. The fourth-order valence-electron chi connectivity index (χ4n) is 3.77. The lowest BCUT2D eigenvalue weighted by Crippen LogP contribution is -2.42. The molecular weight excluding hydrogens is 432 g/mol. The number of carbonyl (C=O) groups excluding carboxylic acids is 3. The van der Waals surface area contributed by atoms with E-state index in [0.29, 0.717) is 34.3 Å². The number of aromatic nitrogens is 1. The molecule has 0 unspecified atom stereocenters. The first kappa shape index (κ1) is 21.1. The summed E-state index contributed by atoms with van der Waals surface area (Å²) in [6.45, 7) is 1.62. The fraction of sp³-hybridized carbons (Fsp3) is 0.0769. The van der Waals surface area contributed by atoms with Gasteiger partial charge in [-0.15, -0.1) is 0 Å². The first-order valence-corrected chi connectivity index (χ1v) is 10.6. The molecule has 1 aliphatic heterocycles. The Bertz CT molecular complexity index is 1390. The molecule has 3 amide bonds. The van der Waals surface area contributed by atoms with Crippen LogP contribution < -0.4 is 15.5 Å². The van der Waals surface area contributed by atoms with Gasteiger partial charge < -0.3 is 15.1 Å². The van der Waals surface area contributed by atoms with Crippen LogP contribution >= 0.6 is 0 Å². The van der Waals surface area contributed by atoms with Crippen LogP contribution in [-0.2, 0) is 4.79 Å². The molecular formula is C26H20N4O4. The number of amides is 3. The van der Waals surface area contributed by atoms with E-state index in [1.165, 1.54) is 4.90 Å². The predicted octanol–water partition coefficient (Wildman–Crippen LogP) is 4.50. The van der Waals surface area contributed by atoms with Gasteiger partial charge in [-0.25, -0.2) is 4.98 Å². The van der Waals surface area contributed by atoms with Crippen LogP contribution in [0.4, 0.5) is 17.1 Å². The summed E-state index contributed by atoms with van der Waals surface area (Å²) in [4.78, 5) is 43.7. The first-order chi connectivity index (χ1) is 16.5. The highest BCUT2D eigenvalue weighted by Gasteiger charge is 2.27. The highest BCUT2D eigenvalue weighted by Crippen LogP contribution is 2.30. The van der Waals surface area contributed by atoms with Crippen molar-refractivity contribution in [1.29, 1.82) is 0 Å². The Morgan fingerprint density at radius 3 is 2.44 bits per heavy atom. The molecule has 0 aliphatic carbocycles. The summed E-state index contributed by atoms with van der Waals surface area (Å²) in [6, 6.07) is 23.0. The van der Waals surface area contributed by atoms with Gasteiger partial charge in [0.1, 0.15) is 12.3 Å². The Kier molecular flexibility index (Phi) is 5.39. The minimum Gasteiger partial charge on any atom is -0.441 e. The average molecular weight is 452 g/mol. The minimum atomic E-state index is -0.413. The summed E-state index contributed by atoms with van der Waals surface area (Å²) in [5, 5.41) is 5.55. The molecule has 3 aromatic carbocycles. The Labute approximate surface area is 195 Å². The number of anilines is 3. The Morgan fingerprint density at radius 2 is 1.68 bits per heavy atom. The van der Waals surface area contributed by atoms with E-state index in [1.807, 2.05) is 36.4 Å². The van der Waals surface area contributed by atoms with Gasteiger partial charge in [-0.3, -0.25) is 19.3 Å². The third-order valence-corrected chi connectivity index (χ3v) is 5.44. The Morgan fingerprint density at radius 1 is 0.971 bits per heavy atom. The third kappa shape index (κ3) is 4.04. The standard InChI is InChI=1S/C26H20N4O4/c1-16-23(29-25(34-16)17-7-3-2-4-8-17)24(32)27-19-13-11-18(12-14-19)26(33)30-15-22(31)28-20-9-5-6-10-21(20)30/h2-14H,15H2,1H3,(H,27,32)(H,28,31). The Balaban J connectivity index is 1.32. The van der Waals surface area contributed by atoms with Crippen molar-refractivity contribution < 1.29 is 18.8 Å². The fourth-order valence-corrected chi connectivity index (χ4v) is 3.77. The van der Waals surface area contributed by atoms with E-state index in [1.54, 1.807) is 49.4 Å².